The van der Waals surface area contributed by atoms with E-state index in [0.29, 0.717) is 16.9 Å². The van der Waals surface area contributed by atoms with Gasteiger partial charge < -0.3 is 4.98 Å². The van der Waals surface area contributed by atoms with Crippen LogP contribution < -0.4 is 9.73 Å². The van der Waals surface area contributed by atoms with E-state index < -0.39 is 0 Å². The van der Waals surface area contributed by atoms with Crippen LogP contribution in [0.2, 0.25) is 0 Å². The van der Waals surface area contributed by atoms with Gasteiger partial charge in [-0.1, -0.05) is 0 Å². The summed E-state index contributed by atoms with van der Waals surface area (Å²) in [6.07, 6.45) is 6.51. The van der Waals surface area contributed by atoms with Gasteiger partial charge in [0, 0.05) is 34.5 Å². The first kappa shape index (κ1) is 8.99. The highest BCUT2D eigenvalue weighted by molar-refractivity contribution is 9.10. The van der Waals surface area contributed by atoms with Crippen LogP contribution in [0.4, 0.5) is 0 Å². The molecule has 7 nitrogen and oxygen atoms in total. The van der Waals surface area contributed by atoms with Crippen molar-refractivity contribution in [1.29, 1.82) is 0 Å². The molecule has 0 atom stereocenters. The Bertz CT molecular complexity index is 862. The van der Waals surface area contributed by atoms with E-state index in [9.17, 15) is 0 Å². The molecule has 0 spiro atoms. The van der Waals surface area contributed by atoms with Crippen molar-refractivity contribution in [1.82, 2.24) is 29.5 Å². The number of halogens is 1. The summed E-state index contributed by atoms with van der Waals surface area (Å²) in [4.78, 5) is 17.0. The van der Waals surface area contributed by atoms with Crippen molar-refractivity contribution in [2.45, 2.75) is 0 Å². The highest BCUT2D eigenvalue weighted by Gasteiger charge is 2.20. The lowest BCUT2D eigenvalue weighted by atomic mass is 10.5. The standard InChI is InChI=1S/C9H4BrN7/c10-6-5-8(13-3-1-11-5)16-9-7(15-17(6)16)12-2-4-14-9/h1-4H. The maximum absolute atomic E-state index is 4.33. The Kier molecular flexibility index (Phi) is 1.57. The van der Waals surface area contributed by atoms with Crippen molar-refractivity contribution < 1.29 is 4.63 Å². The van der Waals surface area contributed by atoms with Gasteiger partial charge >= 0.3 is 4.60 Å². The Hall–Kier alpha value is -2.09. The highest BCUT2D eigenvalue weighted by Crippen LogP contribution is 2.18. The predicted molar refractivity (Wildman–Crippen MR) is 60.3 cm³/mol. The van der Waals surface area contributed by atoms with Crippen LogP contribution in [-0.4, -0.2) is 24.5 Å². The van der Waals surface area contributed by atoms with Gasteiger partial charge in [0.2, 0.25) is 0 Å². The molecule has 0 aliphatic heterocycles. The normalized spacial score (nSPS) is 11.8. The summed E-state index contributed by atoms with van der Waals surface area (Å²) >= 11 is 3.45. The Morgan fingerprint density at radius 2 is 1.71 bits per heavy atom. The maximum atomic E-state index is 4.33. The molecule has 4 rings (SSSR count). The van der Waals surface area contributed by atoms with Crippen LogP contribution in [-0.2, 0) is 0 Å². The molecule has 0 aliphatic carbocycles. The number of hydrogen-bond donors (Lipinski definition) is 0. The van der Waals surface area contributed by atoms with Gasteiger partial charge in [0.15, 0.2) is 16.8 Å². The van der Waals surface area contributed by atoms with E-state index in [2.05, 4.69) is 41.0 Å². The first-order chi connectivity index (χ1) is 8.36. The molecule has 0 saturated heterocycles. The molecule has 0 amide bonds. The molecule has 0 saturated carbocycles. The van der Waals surface area contributed by atoms with Crippen LogP contribution in [0.25, 0.3) is 22.5 Å². The Morgan fingerprint density at radius 1 is 1.00 bits per heavy atom. The van der Waals surface area contributed by atoms with Crippen LogP contribution >= 0.6 is 15.9 Å². The van der Waals surface area contributed by atoms with Crippen LogP contribution in [0.1, 0.15) is 0 Å². The van der Waals surface area contributed by atoms with Gasteiger partial charge in [0.05, 0.1) is 0 Å². The number of fused-ring (bicyclic) bond motifs is 5. The second-order valence-corrected chi connectivity index (χ2v) is 4.18. The van der Waals surface area contributed by atoms with Gasteiger partial charge in [-0.3, -0.25) is 0 Å². The average Bonchev–Trinajstić information content (AvgIpc) is 2.88. The minimum atomic E-state index is 0.570. The number of rotatable bonds is 0. The number of nitrogens with zero attached hydrogens (tertiary/aromatic N) is 7. The van der Waals surface area contributed by atoms with Crippen molar-refractivity contribution in [3.05, 3.63) is 29.4 Å². The first-order valence-corrected chi connectivity index (χ1v) is 5.62. The largest absolute Gasteiger partial charge is 0.361 e. The zero-order chi connectivity index (χ0) is 11.4. The minimum absolute atomic E-state index is 0.570. The molecule has 0 aromatic carbocycles. The first-order valence-electron chi connectivity index (χ1n) is 4.83. The van der Waals surface area contributed by atoms with Crippen LogP contribution in [0.5, 0.6) is 0 Å². The summed E-state index contributed by atoms with van der Waals surface area (Å²) < 4.78 is 4.16. The highest BCUT2D eigenvalue weighted by atomic mass is 79.9. The second-order valence-electron chi connectivity index (χ2n) is 3.42. The molecule has 4 aromatic heterocycles. The van der Waals surface area contributed by atoms with Crippen molar-refractivity contribution >= 4 is 38.4 Å². The zero-order valence-corrected chi connectivity index (χ0v) is 9.90. The number of hydrogen-bond acceptors (Lipinski definition) is 4. The summed E-state index contributed by atoms with van der Waals surface area (Å²) in [7, 11) is 0. The van der Waals surface area contributed by atoms with E-state index in [4.69, 9.17) is 0 Å². The summed E-state index contributed by atoms with van der Waals surface area (Å²) in [6, 6.07) is 0. The van der Waals surface area contributed by atoms with Crippen molar-refractivity contribution in [3.63, 3.8) is 0 Å². The molecule has 0 aliphatic rings. The van der Waals surface area contributed by atoms with Gasteiger partial charge in [-0.05, 0) is 10.8 Å². The van der Waals surface area contributed by atoms with Crippen molar-refractivity contribution in [2.75, 3.05) is 0 Å². The molecule has 4 heterocycles. The lowest BCUT2D eigenvalue weighted by Crippen LogP contribution is -2.31. The minimum Gasteiger partial charge on any atom is -0.361 e. The van der Waals surface area contributed by atoms with Crippen LogP contribution in [0, 0.1) is 0 Å². The molecule has 17 heavy (non-hydrogen) atoms. The van der Waals surface area contributed by atoms with E-state index >= 15 is 0 Å². The van der Waals surface area contributed by atoms with E-state index in [1.165, 1.54) is 0 Å². The molecule has 0 bridgehead atoms. The third-order valence-electron chi connectivity index (χ3n) is 2.49. The van der Waals surface area contributed by atoms with Crippen molar-refractivity contribution in [3.8, 4) is 0 Å². The molecule has 0 radical (unpaired) electrons. The zero-order valence-electron chi connectivity index (χ0n) is 8.32. The molecule has 8 heteroatoms. The Morgan fingerprint density at radius 3 is 2.59 bits per heavy atom. The smallest absolute Gasteiger partial charge is 0.308 e. The van der Waals surface area contributed by atoms with E-state index in [0.717, 1.165) is 10.1 Å². The fourth-order valence-electron chi connectivity index (χ4n) is 1.82. The Labute approximate surface area is 102 Å². The summed E-state index contributed by atoms with van der Waals surface area (Å²) in [5.74, 6) is 0. The van der Waals surface area contributed by atoms with Gasteiger partial charge in [0.25, 0.3) is 0 Å². The molecular weight excluding hydrogens is 286 g/mol. The van der Waals surface area contributed by atoms with E-state index in [1.54, 1.807) is 33.9 Å². The topological polar surface area (TPSA) is 74.2 Å². The van der Waals surface area contributed by atoms with Crippen LogP contribution in [0.3, 0.4) is 0 Å². The Balaban J connectivity index is 2.41. The molecular formula is C9H4BrN7. The molecule has 4 aromatic rings. The predicted octanol–water partition coefficient (Wildman–Crippen LogP) is 0.131. The fourth-order valence-corrected chi connectivity index (χ4v) is 2.33. The third-order valence-corrected chi connectivity index (χ3v) is 3.18. The SMILES string of the molecule is Brc1c2nccnc2n2c3nccnc3[n-][n+]12. The lowest BCUT2D eigenvalue weighted by molar-refractivity contribution is -0.682. The molecule has 0 N–H and O–H groups in total. The quantitative estimate of drug-likeness (QED) is 0.430. The van der Waals surface area contributed by atoms with Gasteiger partial charge in [0.1, 0.15) is 5.65 Å². The summed E-state index contributed by atoms with van der Waals surface area (Å²) in [5, 5.41) is 4.33. The monoisotopic (exact) mass is 289 g/mol. The maximum Gasteiger partial charge on any atom is 0.308 e. The summed E-state index contributed by atoms with van der Waals surface area (Å²) in [5.41, 5.74) is 2.67. The van der Waals surface area contributed by atoms with Gasteiger partial charge in [-0.2, -0.15) is 0 Å². The van der Waals surface area contributed by atoms with Gasteiger partial charge in [-0.15, -0.1) is 9.61 Å². The molecule has 0 fully saturated rings. The van der Waals surface area contributed by atoms with Crippen molar-refractivity contribution in [2.24, 2.45) is 0 Å². The lowest BCUT2D eigenvalue weighted by Gasteiger charge is -1.90. The molecule has 0 unspecified atom stereocenters. The average molecular weight is 290 g/mol. The fraction of sp³-hybridized carbons (Fsp3) is 0. The van der Waals surface area contributed by atoms with Crippen LogP contribution in [0.15, 0.2) is 29.4 Å². The second kappa shape index (κ2) is 2.98. The van der Waals surface area contributed by atoms with E-state index in [1.807, 2.05) is 0 Å². The number of aromatic nitrogens is 7. The third kappa shape index (κ3) is 1.02. The molecule has 82 valence electrons. The summed E-state index contributed by atoms with van der Waals surface area (Å²) in [6.45, 7) is 0. The van der Waals surface area contributed by atoms with Gasteiger partial charge in [-0.25, -0.2) is 15.0 Å². The van der Waals surface area contributed by atoms with E-state index in [-0.39, 0.29) is 0 Å².